The summed E-state index contributed by atoms with van der Waals surface area (Å²) in [7, 11) is 0. The Morgan fingerprint density at radius 1 is 1.00 bits per heavy atom. The highest BCUT2D eigenvalue weighted by Crippen LogP contribution is 2.26. The predicted molar refractivity (Wildman–Crippen MR) is 144 cm³/mol. The average molecular weight is 504 g/mol. The number of aliphatic hydroxyl groups is 1. The molecule has 0 aliphatic heterocycles. The predicted octanol–water partition coefficient (Wildman–Crippen LogP) is 4.42. The molecule has 3 aromatic rings. The molecule has 3 N–H and O–H groups in total. The number of benzene rings is 3. The minimum absolute atomic E-state index is 0.00394. The van der Waals surface area contributed by atoms with Gasteiger partial charge in [-0.05, 0) is 49.2 Å². The van der Waals surface area contributed by atoms with Crippen molar-refractivity contribution in [2.45, 2.75) is 38.5 Å². The molecule has 0 saturated carbocycles. The van der Waals surface area contributed by atoms with Crippen LogP contribution in [0.5, 0.6) is 0 Å². The summed E-state index contributed by atoms with van der Waals surface area (Å²) in [6, 6.07) is 19.8. The van der Waals surface area contributed by atoms with E-state index in [0.29, 0.717) is 11.3 Å². The third kappa shape index (κ3) is 7.41. The first-order chi connectivity index (χ1) is 17.6. The van der Waals surface area contributed by atoms with E-state index in [-0.39, 0.29) is 6.54 Å². The molecule has 0 saturated heterocycles. The summed E-state index contributed by atoms with van der Waals surface area (Å²) in [6.45, 7) is 8.11. The lowest BCUT2D eigenvalue weighted by Crippen LogP contribution is -2.53. The van der Waals surface area contributed by atoms with Gasteiger partial charge in [0.2, 0.25) is 5.91 Å². The summed E-state index contributed by atoms with van der Waals surface area (Å²) in [5.74, 6) is -1.11. The number of rotatable bonds is 9. The van der Waals surface area contributed by atoms with Gasteiger partial charge in [0.15, 0.2) is 0 Å². The first-order valence-electron chi connectivity index (χ1n) is 12.0. The fourth-order valence-corrected chi connectivity index (χ4v) is 3.88. The SMILES string of the molecule is C=CCN(C(=O)C(CO)NC(=O)OC(C)(C)C)C(C(=O)Nc1ccc2ccccc2c1)c1ccccc1. The fourth-order valence-electron chi connectivity index (χ4n) is 3.88. The van der Waals surface area contributed by atoms with Gasteiger partial charge in [0.25, 0.3) is 5.91 Å². The number of nitrogens with one attached hydrogen (secondary N) is 2. The first-order valence-corrected chi connectivity index (χ1v) is 12.0. The van der Waals surface area contributed by atoms with E-state index >= 15 is 0 Å². The highest BCUT2D eigenvalue weighted by molar-refractivity contribution is 6.00. The number of alkyl carbamates (subject to hydrolysis) is 1. The number of carbonyl (C=O) groups excluding carboxylic acids is 3. The fraction of sp³-hybridized carbons (Fsp3) is 0.276. The van der Waals surface area contributed by atoms with E-state index in [0.717, 1.165) is 10.8 Å². The van der Waals surface area contributed by atoms with Crippen molar-refractivity contribution in [3.05, 3.63) is 91.0 Å². The molecular formula is C29H33N3O5. The molecule has 2 atom stereocenters. The van der Waals surface area contributed by atoms with Crippen LogP contribution in [0.4, 0.5) is 10.5 Å². The highest BCUT2D eigenvalue weighted by atomic mass is 16.6. The van der Waals surface area contributed by atoms with Gasteiger partial charge in [-0.3, -0.25) is 9.59 Å². The summed E-state index contributed by atoms with van der Waals surface area (Å²) < 4.78 is 5.24. The van der Waals surface area contributed by atoms with Crippen LogP contribution in [-0.4, -0.2) is 52.7 Å². The van der Waals surface area contributed by atoms with E-state index in [4.69, 9.17) is 4.74 Å². The standard InChI is InChI=1S/C29H33N3O5/c1-5-17-32(27(35)24(19-33)31-28(36)37-29(2,3)4)25(21-12-7-6-8-13-21)26(34)30-23-16-15-20-11-9-10-14-22(20)18-23/h5-16,18,24-25,33H,1,17,19H2,2-4H3,(H,30,34)(H,31,36). The Balaban J connectivity index is 1.93. The number of ether oxygens (including phenoxy) is 1. The topological polar surface area (TPSA) is 108 Å². The number of carbonyl (C=O) groups is 3. The van der Waals surface area contributed by atoms with E-state index in [1.165, 1.54) is 11.0 Å². The number of hydrogen-bond donors (Lipinski definition) is 3. The molecule has 2 unspecified atom stereocenters. The van der Waals surface area contributed by atoms with Gasteiger partial charge in [-0.15, -0.1) is 6.58 Å². The molecule has 0 aromatic heterocycles. The molecule has 194 valence electrons. The van der Waals surface area contributed by atoms with Crippen molar-refractivity contribution in [1.82, 2.24) is 10.2 Å². The molecule has 8 heteroatoms. The highest BCUT2D eigenvalue weighted by Gasteiger charge is 2.35. The third-order valence-electron chi connectivity index (χ3n) is 5.47. The number of amides is 3. The third-order valence-corrected chi connectivity index (χ3v) is 5.47. The van der Waals surface area contributed by atoms with Crippen molar-refractivity contribution in [2.24, 2.45) is 0 Å². The molecule has 0 aliphatic rings. The quantitative estimate of drug-likeness (QED) is 0.375. The van der Waals surface area contributed by atoms with E-state index in [9.17, 15) is 19.5 Å². The monoisotopic (exact) mass is 503 g/mol. The zero-order chi connectivity index (χ0) is 27.0. The molecule has 0 radical (unpaired) electrons. The minimum Gasteiger partial charge on any atom is -0.444 e. The lowest BCUT2D eigenvalue weighted by molar-refractivity contribution is -0.140. The van der Waals surface area contributed by atoms with Crippen LogP contribution in [0.25, 0.3) is 10.8 Å². The maximum Gasteiger partial charge on any atom is 0.408 e. The van der Waals surface area contributed by atoms with Crippen molar-refractivity contribution < 1.29 is 24.2 Å². The summed E-state index contributed by atoms with van der Waals surface area (Å²) in [6.07, 6.45) is 0.634. The van der Waals surface area contributed by atoms with Crippen molar-refractivity contribution in [2.75, 3.05) is 18.5 Å². The molecule has 3 amide bonds. The second-order valence-corrected chi connectivity index (χ2v) is 9.53. The second kappa shape index (κ2) is 12.2. The summed E-state index contributed by atoms with van der Waals surface area (Å²) >= 11 is 0. The van der Waals surface area contributed by atoms with Crippen LogP contribution in [0.15, 0.2) is 85.5 Å². The van der Waals surface area contributed by atoms with Crippen LogP contribution in [0.3, 0.4) is 0 Å². The molecule has 0 heterocycles. The Labute approximate surface area is 216 Å². The lowest BCUT2D eigenvalue weighted by Gasteiger charge is -2.33. The largest absolute Gasteiger partial charge is 0.444 e. The average Bonchev–Trinajstić information content (AvgIpc) is 2.86. The van der Waals surface area contributed by atoms with E-state index in [1.807, 2.05) is 42.5 Å². The second-order valence-electron chi connectivity index (χ2n) is 9.53. The zero-order valence-electron chi connectivity index (χ0n) is 21.3. The smallest absolute Gasteiger partial charge is 0.408 e. The van der Waals surface area contributed by atoms with Gasteiger partial charge in [0.05, 0.1) is 6.61 Å². The molecule has 0 fully saturated rings. The maximum atomic E-state index is 13.7. The molecular weight excluding hydrogens is 470 g/mol. The van der Waals surface area contributed by atoms with Crippen LogP contribution in [0, 0.1) is 0 Å². The van der Waals surface area contributed by atoms with Gasteiger partial charge in [-0.1, -0.05) is 66.7 Å². The van der Waals surface area contributed by atoms with E-state index in [2.05, 4.69) is 17.2 Å². The molecule has 0 spiro atoms. The number of aliphatic hydroxyl groups excluding tert-OH is 1. The molecule has 0 aliphatic carbocycles. The number of anilines is 1. The zero-order valence-corrected chi connectivity index (χ0v) is 21.3. The Bertz CT molecular complexity index is 1250. The van der Waals surface area contributed by atoms with Crippen LogP contribution < -0.4 is 10.6 Å². The maximum absolute atomic E-state index is 13.7. The van der Waals surface area contributed by atoms with E-state index < -0.39 is 42.2 Å². The Morgan fingerprint density at radius 2 is 1.65 bits per heavy atom. The summed E-state index contributed by atoms with van der Waals surface area (Å²) in [5.41, 5.74) is 0.339. The van der Waals surface area contributed by atoms with Crippen molar-refractivity contribution in [3.8, 4) is 0 Å². The Hall–Kier alpha value is -4.17. The molecule has 37 heavy (non-hydrogen) atoms. The van der Waals surface area contributed by atoms with Crippen LogP contribution in [0.2, 0.25) is 0 Å². The summed E-state index contributed by atoms with van der Waals surface area (Å²) in [4.78, 5) is 40.9. The van der Waals surface area contributed by atoms with Gasteiger partial charge in [0, 0.05) is 12.2 Å². The molecule has 3 rings (SSSR count). The van der Waals surface area contributed by atoms with Crippen molar-refractivity contribution in [1.29, 1.82) is 0 Å². The molecule has 0 bridgehead atoms. The van der Waals surface area contributed by atoms with Crippen LogP contribution >= 0.6 is 0 Å². The molecule has 3 aromatic carbocycles. The van der Waals surface area contributed by atoms with E-state index in [1.54, 1.807) is 51.1 Å². The van der Waals surface area contributed by atoms with Gasteiger partial charge in [-0.2, -0.15) is 0 Å². The number of hydrogen-bond acceptors (Lipinski definition) is 5. The van der Waals surface area contributed by atoms with Gasteiger partial charge in [-0.25, -0.2) is 4.79 Å². The van der Waals surface area contributed by atoms with Gasteiger partial charge >= 0.3 is 6.09 Å². The number of fused-ring (bicyclic) bond motifs is 1. The number of nitrogens with zero attached hydrogens (tertiary/aromatic N) is 1. The van der Waals surface area contributed by atoms with Crippen molar-refractivity contribution in [3.63, 3.8) is 0 Å². The Kier molecular flexibility index (Phi) is 9.03. The van der Waals surface area contributed by atoms with Crippen LogP contribution in [-0.2, 0) is 14.3 Å². The van der Waals surface area contributed by atoms with Crippen molar-refractivity contribution >= 4 is 34.4 Å². The van der Waals surface area contributed by atoms with Gasteiger partial charge < -0.3 is 25.4 Å². The first kappa shape index (κ1) is 27.4. The normalized spacial score (nSPS) is 12.8. The Morgan fingerprint density at radius 3 is 2.27 bits per heavy atom. The summed E-state index contributed by atoms with van der Waals surface area (Å²) in [5, 5.41) is 17.3. The van der Waals surface area contributed by atoms with Crippen LogP contribution in [0.1, 0.15) is 32.4 Å². The lowest BCUT2D eigenvalue weighted by atomic mass is 10.0. The van der Waals surface area contributed by atoms with Gasteiger partial charge in [0.1, 0.15) is 17.7 Å². The molecule has 8 nitrogen and oxygen atoms in total. The minimum atomic E-state index is -1.32.